The van der Waals surface area contributed by atoms with Crippen molar-refractivity contribution in [3.63, 3.8) is 0 Å². The Morgan fingerprint density at radius 2 is 1.38 bits per heavy atom. The molecule has 1 aliphatic rings. The normalized spacial score (nSPS) is 16.2. The summed E-state index contributed by atoms with van der Waals surface area (Å²) in [5, 5.41) is 2.81. The predicted octanol–water partition coefficient (Wildman–Crippen LogP) is 6.18. The summed E-state index contributed by atoms with van der Waals surface area (Å²) in [6.07, 6.45) is -0.437. The number of nitrogens with zero attached hydrogens (tertiary/aromatic N) is 3. The molecule has 1 aliphatic heterocycles. The van der Waals surface area contributed by atoms with Crippen molar-refractivity contribution in [3.05, 3.63) is 109 Å². The number of benzene rings is 4. The molecule has 230 valence electrons. The topological polar surface area (TPSA) is 99.3 Å². The fourth-order valence-electron chi connectivity index (χ4n) is 5.61. The summed E-state index contributed by atoms with van der Waals surface area (Å²) in [5.74, 6) is -1.42. The van der Waals surface area contributed by atoms with Crippen LogP contribution in [0.2, 0.25) is 0 Å². The van der Waals surface area contributed by atoms with Crippen LogP contribution in [-0.2, 0) is 19.2 Å². The van der Waals surface area contributed by atoms with Crippen molar-refractivity contribution in [3.8, 4) is 5.75 Å². The molecule has 0 fully saturated rings. The molecule has 0 bridgehead atoms. The quantitative estimate of drug-likeness (QED) is 0.230. The first-order valence-electron chi connectivity index (χ1n) is 14.8. The largest absolute Gasteiger partial charge is 0.497 e. The lowest BCUT2D eigenvalue weighted by Crippen LogP contribution is -2.53. The van der Waals surface area contributed by atoms with Crippen LogP contribution >= 0.6 is 0 Å². The van der Waals surface area contributed by atoms with Crippen molar-refractivity contribution in [1.82, 2.24) is 0 Å². The minimum atomic E-state index is -1.85. The molecule has 0 saturated carbocycles. The van der Waals surface area contributed by atoms with E-state index in [1.807, 2.05) is 26.0 Å². The Morgan fingerprint density at radius 1 is 0.800 bits per heavy atom. The summed E-state index contributed by atoms with van der Waals surface area (Å²) in [5.41, 5.74) is 0.686. The highest BCUT2D eigenvalue weighted by Gasteiger charge is 2.52. The van der Waals surface area contributed by atoms with Gasteiger partial charge in [-0.2, -0.15) is 0 Å². The zero-order valence-electron chi connectivity index (χ0n) is 25.8. The maximum atomic E-state index is 14.7. The number of fused-ring (bicyclic) bond motifs is 1. The third-order valence-electron chi connectivity index (χ3n) is 7.82. The molecule has 0 radical (unpaired) electrons. The zero-order valence-corrected chi connectivity index (χ0v) is 25.8. The molecule has 4 aromatic rings. The number of carbonyl (C=O) groups excluding carboxylic acids is 4. The van der Waals surface area contributed by atoms with Crippen molar-refractivity contribution in [1.29, 1.82) is 0 Å². The average molecular weight is 605 g/mol. The second-order valence-corrected chi connectivity index (χ2v) is 11.3. The molecule has 9 heteroatoms. The van der Waals surface area contributed by atoms with Crippen molar-refractivity contribution >= 4 is 52.1 Å². The van der Waals surface area contributed by atoms with E-state index in [4.69, 9.17) is 4.74 Å². The Balaban J connectivity index is 1.59. The number of nitrogens with one attached hydrogen (secondary N) is 1. The third-order valence-corrected chi connectivity index (χ3v) is 7.82. The van der Waals surface area contributed by atoms with E-state index in [0.717, 1.165) is 0 Å². The van der Waals surface area contributed by atoms with E-state index in [9.17, 15) is 19.2 Å². The Hall–Kier alpha value is -5.44. The second-order valence-electron chi connectivity index (χ2n) is 11.3. The molecule has 4 amide bonds. The first-order valence-corrected chi connectivity index (χ1v) is 14.8. The molecule has 0 saturated heterocycles. The molecule has 5 rings (SSSR count). The van der Waals surface area contributed by atoms with Crippen molar-refractivity contribution < 1.29 is 23.9 Å². The number of hydrogen-bond donors (Lipinski definition) is 1. The predicted molar refractivity (Wildman–Crippen MR) is 176 cm³/mol. The zero-order chi connectivity index (χ0) is 32.1. The van der Waals surface area contributed by atoms with Crippen LogP contribution in [0.1, 0.15) is 27.2 Å². The SMILES string of the molecule is COc1ccc(N(C(=O)CN2C(=O)C(C)(CC(=O)Nc3ccccc3)C(=O)N(c3ccccc3)c3ccccc32)C(C)C)cc1. The summed E-state index contributed by atoms with van der Waals surface area (Å²) in [6.45, 7) is 4.90. The lowest BCUT2D eigenvalue weighted by Gasteiger charge is -2.33. The van der Waals surface area contributed by atoms with Crippen molar-refractivity contribution in [2.24, 2.45) is 5.41 Å². The minimum absolute atomic E-state index is 0.242. The fraction of sp³-hybridized carbons (Fsp3) is 0.222. The highest BCUT2D eigenvalue weighted by atomic mass is 16.5. The molecular formula is C36H36N4O5. The average Bonchev–Trinajstić information content (AvgIpc) is 3.10. The van der Waals surface area contributed by atoms with Gasteiger partial charge in [-0.05, 0) is 81.4 Å². The molecule has 1 unspecified atom stereocenters. The summed E-state index contributed by atoms with van der Waals surface area (Å²) in [6, 6.07) is 31.7. The summed E-state index contributed by atoms with van der Waals surface area (Å²) in [4.78, 5) is 61.2. The molecule has 45 heavy (non-hydrogen) atoms. The van der Waals surface area contributed by atoms with Gasteiger partial charge in [0, 0.05) is 23.1 Å². The molecule has 0 spiro atoms. The van der Waals surface area contributed by atoms with Gasteiger partial charge in [-0.15, -0.1) is 0 Å². The van der Waals surface area contributed by atoms with E-state index >= 15 is 0 Å². The molecule has 9 nitrogen and oxygen atoms in total. The number of ether oxygens (including phenoxy) is 1. The van der Waals surface area contributed by atoms with E-state index in [2.05, 4.69) is 5.32 Å². The molecule has 1 N–H and O–H groups in total. The molecule has 0 aromatic heterocycles. The number of amides is 4. The number of anilines is 5. The fourth-order valence-corrected chi connectivity index (χ4v) is 5.61. The van der Waals surface area contributed by atoms with E-state index < -0.39 is 29.6 Å². The van der Waals surface area contributed by atoms with Crippen LogP contribution < -0.4 is 24.8 Å². The van der Waals surface area contributed by atoms with Crippen LogP contribution in [0.3, 0.4) is 0 Å². The Morgan fingerprint density at radius 3 is 1.98 bits per heavy atom. The number of carbonyl (C=O) groups is 4. The number of para-hydroxylation sites is 4. The van der Waals surface area contributed by atoms with Crippen molar-refractivity contribution in [2.45, 2.75) is 33.2 Å². The Kier molecular flexibility index (Phi) is 8.99. The van der Waals surface area contributed by atoms with E-state index in [1.165, 1.54) is 16.7 Å². The van der Waals surface area contributed by atoms with Gasteiger partial charge < -0.3 is 15.0 Å². The van der Waals surface area contributed by atoms with Gasteiger partial charge in [-0.25, -0.2) is 0 Å². The van der Waals surface area contributed by atoms with Gasteiger partial charge in [-0.1, -0.05) is 48.5 Å². The summed E-state index contributed by atoms with van der Waals surface area (Å²) < 4.78 is 5.28. The lowest BCUT2D eigenvalue weighted by molar-refractivity contribution is -0.142. The highest BCUT2D eigenvalue weighted by Crippen LogP contribution is 2.44. The summed E-state index contributed by atoms with van der Waals surface area (Å²) in [7, 11) is 1.57. The monoisotopic (exact) mass is 604 g/mol. The van der Waals surface area contributed by atoms with Crippen LogP contribution in [0.5, 0.6) is 5.75 Å². The molecule has 1 atom stereocenters. The van der Waals surface area contributed by atoms with Gasteiger partial charge in [-0.3, -0.25) is 29.0 Å². The van der Waals surface area contributed by atoms with E-state index in [0.29, 0.717) is 34.2 Å². The van der Waals surface area contributed by atoms with Gasteiger partial charge in [0.25, 0.3) is 0 Å². The standard InChI is InChI=1S/C36H36N4O5/c1-25(2)39(28-19-21-29(45-4)22-20-28)33(42)24-38-30-17-11-12-18-31(30)40(27-15-9-6-10-16-27)35(44)36(3,34(38)43)23-32(41)37-26-13-7-5-8-14-26/h5-22,25H,23-24H2,1-4H3,(H,37,41). The second kappa shape index (κ2) is 13.1. The molecule has 4 aromatic carbocycles. The molecule has 1 heterocycles. The minimum Gasteiger partial charge on any atom is -0.497 e. The summed E-state index contributed by atoms with van der Waals surface area (Å²) >= 11 is 0. The van der Waals surface area contributed by atoms with Crippen LogP contribution in [0, 0.1) is 5.41 Å². The van der Waals surface area contributed by atoms with Gasteiger partial charge in [0.15, 0.2) is 0 Å². The maximum Gasteiger partial charge on any atom is 0.247 e. The lowest BCUT2D eigenvalue weighted by atomic mass is 9.83. The van der Waals surface area contributed by atoms with Crippen LogP contribution in [0.25, 0.3) is 0 Å². The van der Waals surface area contributed by atoms with Crippen LogP contribution in [-0.4, -0.2) is 43.3 Å². The first-order chi connectivity index (χ1) is 21.6. The van der Waals surface area contributed by atoms with Gasteiger partial charge in [0.1, 0.15) is 17.7 Å². The first kappa shape index (κ1) is 31.0. The van der Waals surface area contributed by atoms with Gasteiger partial charge in [0.05, 0.1) is 24.9 Å². The van der Waals surface area contributed by atoms with Gasteiger partial charge in [0.2, 0.25) is 23.6 Å². The van der Waals surface area contributed by atoms with Crippen LogP contribution in [0.15, 0.2) is 109 Å². The Labute approximate surface area is 263 Å². The number of rotatable bonds is 9. The smallest absolute Gasteiger partial charge is 0.247 e. The Bertz CT molecular complexity index is 1690. The third kappa shape index (κ3) is 6.28. The number of methoxy groups -OCH3 is 1. The van der Waals surface area contributed by atoms with E-state index in [-0.39, 0.29) is 18.5 Å². The highest BCUT2D eigenvalue weighted by molar-refractivity contribution is 6.25. The van der Waals surface area contributed by atoms with Crippen molar-refractivity contribution in [2.75, 3.05) is 33.7 Å². The van der Waals surface area contributed by atoms with Crippen LogP contribution in [0.4, 0.5) is 28.4 Å². The molecule has 0 aliphatic carbocycles. The molecular weight excluding hydrogens is 568 g/mol. The van der Waals surface area contributed by atoms with Gasteiger partial charge >= 0.3 is 0 Å². The number of hydrogen-bond acceptors (Lipinski definition) is 5. The maximum absolute atomic E-state index is 14.7. The van der Waals surface area contributed by atoms with E-state index in [1.54, 1.807) is 109 Å².